The van der Waals surface area contributed by atoms with Crippen molar-refractivity contribution >= 4 is 5.97 Å². The minimum atomic E-state index is -0.0530. The van der Waals surface area contributed by atoms with Gasteiger partial charge in [0, 0.05) is 6.42 Å². The topological polar surface area (TPSA) is 26.3 Å². The van der Waals surface area contributed by atoms with Gasteiger partial charge in [0.05, 0.1) is 0 Å². The first kappa shape index (κ1) is 23.2. The average Bonchev–Trinajstić information content (AvgIpc) is 2.58. The average molecular weight is 339 g/mol. The Morgan fingerprint density at radius 3 is 1.54 bits per heavy atom. The Bertz CT molecular complexity index is 284. The maximum Gasteiger partial charge on any atom is 0.306 e. The minimum Gasteiger partial charge on any atom is -0.461 e. The highest BCUT2D eigenvalue weighted by Gasteiger charge is 2.01. The molecule has 2 heteroatoms. The summed E-state index contributed by atoms with van der Waals surface area (Å²) < 4.78 is 5.08. The van der Waals surface area contributed by atoms with Crippen molar-refractivity contribution in [3.63, 3.8) is 0 Å². The van der Waals surface area contributed by atoms with E-state index in [1.807, 2.05) is 19.1 Å². The van der Waals surface area contributed by atoms with Gasteiger partial charge in [-0.2, -0.15) is 0 Å². The Morgan fingerprint density at radius 1 is 0.708 bits per heavy atom. The third-order valence-corrected chi connectivity index (χ3v) is 4.56. The quantitative estimate of drug-likeness (QED) is 0.148. The summed E-state index contributed by atoms with van der Waals surface area (Å²) in [6, 6.07) is 0. The molecule has 0 unspecified atom stereocenters. The van der Waals surface area contributed by atoms with Crippen LogP contribution in [-0.2, 0) is 9.53 Å². The number of allylic oxidation sites excluding steroid dienone is 1. The molecule has 0 N–H and O–H groups in total. The van der Waals surface area contributed by atoms with Crippen LogP contribution in [0.3, 0.4) is 0 Å². The zero-order valence-corrected chi connectivity index (χ0v) is 16.5. The monoisotopic (exact) mass is 338 g/mol. The summed E-state index contributed by atoms with van der Waals surface area (Å²) in [5.41, 5.74) is 0. The van der Waals surface area contributed by atoms with E-state index in [2.05, 4.69) is 6.92 Å². The molecule has 142 valence electrons. The number of carbonyl (C=O) groups excluding carboxylic acids is 1. The largest absolute Gasteiger partial charge is 0.461 e. The molecule has 0 bridgehead atoms. The summed E-state index contributed by atoms with van der Waals surface area (Å²) in [6.07, 6.45) is 24.6. The van der Waals surface area contributed by atoms with Crippen LogP contribution in [0.4, 0.5) is 0 Å². The van der Waals surface area contributed by atoms with Crippen LogP contribution in [0, 0.1) is 0 Å². The highest BCUT2D eigenvalue weighted by atomic mass is 16.5. The van der Waals surface area contributed by atoms with Gasteiger partial charge in [0.2, 0.25) is 0 Å². The Labute approximate surface area is 151 Å². The molecule has 0 aromatic rings. The van der Waals surface area contributed by atoms with E-state index in [1.165, 1.54) is 83.5 Å². The first-order valence-corrected chi connectivity index (χ1v) is 10.6. The maximum absolute atomic E-state index is 11.4. The van der Waals surface area contributed by atoms with E-state index in [0.29, 0.717) is 13.0 Å². The lowest BCUT2D eigenvalue weighted by atomic mass is 10.0. The van der Waals surface area contributed by atoms with E-state index in [4.69, 9.17) is 4.74 Å². The zero-order valence-electron chi connectivity index (χ0n) is 16.5. The van der Waals surface area contributed by atoms with Gasteiger partial charge in [0.15, 0.2) is 0 Å². The van der Waals surface area contributed by atoms with Crippen molar-refractivity contribution in [1.82, 2.24) is 0 Å². The number of unbranched alkanes of at least 4 members (excludes halogenated alkanes) is 14. The molecule has 0 aliphatic heterocycles. The lowest BCUT2D eigenvalue weighted by molar-refractivity contribution is -0.142. The van der Waals surface area contributed by atoms with Gasteiger partial charge in [-0.1, -0.05) is 109 Å². The second-order valence-corrected chi connectivity index (χ2v) is 6.95. The molecule has 0 radical (unpaired) electrons. The molecule has 0 aromatic carbocycles. The van der Waals surface area contributed by atoms with Crippen LogP contribution in [-0.4, -0.2) is 12.6 Å². The van der Waals surface area contributed by atoms with Crippen LogP contribution in [0.5, 0.6) is 0 Å². The summed E-state index contributed by atoms with van der Waals surface area (Å²) in [7, 11) is 0. The summed E-state index contributed by atoms with van der Waals surface area (Å²) in [4.78, 5) is 11.4. The smallest absolute Gasteiger partial charge is 0.306 e. The lowest BCUT2D eigenvalue weighted by Crippen LogP contribution is -2.03. The van der Waals surface area contributed by atoms with Crippen LogP contribution < -0.4 is 0 Å². The van der Waals surface area contributed by atoms with E-state index in [0.717, 1.165) is 12.8 Å². The van der Waals surface area contributed by atoms with Crippen molar-refractivity contribution < 1.29 is 9.53 Å². The molecular weight excluding hydrogens is 296 g/mol. The molecule has 0 saturated heterocycles. The molecule has 24 heavy (non-hydrogen) atoms. The number of hydrogen-bond donors (Lipinski definition) is 0. The molecule has 0 aromatic heterocycles. The van der Waals surface area contributed by atoms with Gasteiger partial charge in [-0.3, -0.25) is 4.79 Å². The summed E-state index contributed by atoms with van der Waals surface area (Å²) in [6.45, 7) is 4.64. The molecule has 0 atom stereocenters. The summed E-state index contributed by atoms with van der Waals surface area (Å²) >= 11 is 0. The number of esters is 1. The molecular formula is C22H42O2. The molecule has 0 rings (SSSR count). The SMILES string of the molecule is CC=CCOC(=O)CCCCCCCCCCCCCCCCC. The molecule has 0 fully saturated rings. The van der Waals surface area contributed by atoms with Crippen molar-refractivity contribution in [2.24, 2.45) is 0 Å². The molecule has 0 aliphatic carbocycles. The van der Waals surface area contributed by atoms with Gasteiger partial charge in [0.1, 0.15) is 6.61 Å². The van der Waals surface area contributed by atoms with Crippen molar-refractivity contribution in [1.29, 1.82) is 0 Å². The zero-order chi connectivity index (χ0) is 17.7. The highest BCUT2D eigenvalue weighted by Crippen LogP contribution is 2.13. The fourth-order valence-electron chi connectivity index (χ4n) is 2.95. The van der Waals surface area contributed by atoms with Crippen LogP contribution in [0.15, 0.2) is 12.2 Å². The lowest BCUT2D eigenvalue weighted by Gasteiger charge is -2.04. The molecule has 0 aliphatic rings. The van der Waals surface area contributed by atoms with Crippen molar-refractivity contribution in [2.45, 2.75) is 117 Å². The second-order valence-electron chi connectivity index (χ2n) is 6.95. The fourth-order valence-corrected chi connectivity index (χ4v) is 2.95. The fraction of sp³-hybridized carbons (Fsp3) is 0.864. The number of hydrogen-bond acceptors (Lipinski definition) is 2. The number of carbonyl (C=O) groups is 1. The first-order valence-electron chi connectivity index (χ1n) is 10.6. The Kier molecular flexibility index (Phi) is 19.6. The van der Waals surface area contributed by atoms with E-state index in [1.54, 1.807) is 0 Å². The van der Waals surface area contributed by atoms with E-state index >= 15 is 0 Å². The maximum atomic E-state index is 11.4. The molecule has 0 spiro atoms. The predicted molar refractivity (Wildman–Crippen MR) is 105 cm³/mol. The molecule has 0 saturated carbocycles. The van der Waals surface area contributed by atoms with Gasteiger partial charge in [-0.15, -0.1) is 0 Å². The molecule has 2 nitrogen and oxygen atoms in total. The normalized spacial score (nSPS) is 11.2. The predicted octanol–water partition coefficient (Wildman–Crippen LogP) is 7.37. The Morgan fingerprint density at radius 2 is 1.12 bits per heavy atom. The van der Waals surface area contributed by atoms with Crippen LogP contribution in [0.2, 0.25) is 0 Å². The van der Waals surface area contributed by atoms with E-state index in [9.17, 15) is 4.79 Å². The van der Waals surface area contributed by atoms with Gasteiger partial charge >= 0.3 is 5.97 Å². The van der Waals surface area contributed by atoms with Crippen molar-refractivity contribution in [3.05, 3.63) is 12.2 Å². The van der Waals surface area contributed by atoms with Gasteiger partial charge < -0.3 is 4.74 Å². The van der Waals surface area contributed by atoms with Gasteiger partial charge in [-0.25, -0.2) is 0 Å². The van der Waals surface area contributed by atoms with Gasteiger partial charge in [0.25, 0.3) is 0 Å². The van der Waals surface area contributed by atoms with Crippen LogP contribution in [0.25, 0.3) is 0 Å². The minimum absolute atomic E-state index is 0.0530. The molecule has 0 heterocycles. The molecule has 0 amide bonds. The summed E-state index contributed by atoms with van der Waals surface area (Å²) in [5.74, 6) is -0.0530. The van der Waals surface area contributed by atoms with Gasteiger partial charge in [-0.05, 0) is 13.3 Å². The van der Waals surface area contributed by atoms with Crippen LogP contribution in [0.1, 0.15) is 117 Å². The number of ether oxygens (including phenoxy) is 1. The van der Waals surface area contributed by atoms with Crippen molar-refractivity contribution in [2.75, 3.05) is 6.61 Å². The standard InChI is InChI=1S/C22H42O2/c1-3-5-7-8-9-10-11-12-13-14-15-16-17-18-19-20-22(23)24-21-6-4-2/h4,6H,3,5,7-21H2,1-2H3. The third kappa shape index (κ3) is 19.3. The van der Waals surface area contributed by atoms with Crippen LogP contribution >= 0.6 is 0 Å². The Hall–Kier alpha value is -0.790. The second kappa shape index (κ2) is 20.3. The van der Waals surface area contributed by atoms with E-state index < -0.39 is 0 Å². The number of rotatable bonds is 18. The van der Waals surface area contributed by atoms with Crippen molar-refractivity contribution in [3.8, 4) is 0 Å². The Balaban J connectivity index is 3.08. The third-order valence-electron chi connectivity index (χ3n) is 4.56. The first-order chi connectivity index (χ1) is 11.8. The summed E-state index contributed by atoms with van der Waals surface area (Å²) in [5, 5.41) is 0. The highest BCUT2D eigenvalue weighted by molar-refractivity contribution is 5.69. The van der Waals surface area contributed by atoms with E-state index in [-0.39, 0.29) is 5.97 Å².